The minimum absolute atomic E-state index is 0.0684. The van der Waals surface area contributed by atoms with Crippen LogP contribution in [0.3, 0.4) is 0 Å². The molecule has 1 aromatic carbocycles. The SMILES string of the molecule is [C-]#[N+]c1ccc(-c2ncc(C(F)(F)F)[nH]2)c(F)c1. The molecule has 0 spiro atoms. The van der Waals surface area contributed by atoms with Gasteiger partial charge in [0.05, 0.1) is 18.3 Å². The predicted octanol–water partition coefficient (Wildman–Crippen LogP) is 3.79. The lowest BCUT2D eigenvalue weighted by atomic mass is 10.2. The van der Waals surface area contributed by atoms with Gasteiger partial charge in [0.1, 0.15) is 17.3 Å². The molecule has 0 aliphatic heterocycles. The van der Waals surface area contributed by atoms with Gasteiger partial charge in [0.25, 0.3) is 0 Å². The zero-order valence-electron chi connectivity index (χ0n) is 8.72. The number of H-pyrrole nitrogens is 1. The van der Waals surface area contributed by atoms with Gasteiger partial charge in [-0.2, -0.15) is 13.2 Å². The molecule has 0 saturated heterocycles. The zero-order valence-corrected chi connectivity index (χ0v) is 8.72. The fourth-order valence-corrected chi connectivity index (χ4v) is 1.37. The van der Waals surface area contributed by atoms with E-state index in [0.29, 0.717) is 6.20 Å². The Labute approximate surface area is 98.9 Å². The quantitative estimate of drug-likeness (QED) is 0.610. The molecule has 0 fully saturated rings. The van der Waals surface area contributed by atoms with Crippen LogP contribution in [-0.2, 0) is 6.18 Å². The summed E-state index contributed by atoms with van der Waals surface area (Å²) in [6.45, 7) is 6.69. The first kappa shape index (κ1) is 12.1. The highest BCUT2D eigenvalue weighted by Gasteiger charge is 2.33. The van der Waals surface area contributed by atoms with Crippen LogP contribution in [0.5, 0.6) is 0 Å². The van der Waals surface area contributed by atoms with Gasteiger partial charge in [0.15, 0.2) is 5.69 Å². The molecule has 1 aromatic heterocycles. The first-order valence-electron chi connectivity index (χ1n) is 4.71. The third kappa shape index (κ3) is 2.18. The van der Waals surface area contributed by atoms with E-state index >= 15 is 0 Å². The Morgan fingerprint density at radius 3 is 2.50 bits per heavy atom. The average Bonchev–Trinajstić information content (AvgIpc) is 2.77. The van der Waals surface area contributed by atoms with E-state index in [-0.39, 0.29) is 17.1 Å². The molecule has 1 N–H and O–H groups in total. The molecule has 0 atom stereocenters. The smallest absolute Gasteiger partial charge is 0.334 e. The highest BCUT2D eigenvalue weighted by Crippen LogP contribution is 2.30. The summed E-state index contributed by atoms with van der Waals surface area (Å²) in [6, 6.07) is 3.46. The van der Waals surface area contributed by atoms with Crippen LogP contribution in [-0.4, -0.2) is 9.97 Å². The Hall–Kier alpha value is -2.36. The Morgan fingerprint density at radius 1 is 1.28 bits per heavy atom. The highest BCUT2D eigenvalue weighted by atomic mass is 19.4. The first-order valence-corrected chi connectivity index (χ1v) is 4.71. The Morgan fingerprint density at radius 2 is 2.00 bits per heavy atom. The van der Waals surface area contributed by atoms with Crippen molar-refractivity contribution in [2.45, 2.75) is 6.18 Å². The molecule has 7 heteroatoms. The standard InChI is InChI=1S/C11H5F4N3/c1-16-6-2-3-7(8(12)4-6)10-17-5-9(18-10)11(13,14)15/h2-5H,(H,17,18). The summed E-state index contributed by atoms with van der Waals surface area (Å²) in [5.41, 5.74) is -1.09. The van der Waals surface area contributed by atoms with Crippen LogP contribution < -0.4 is 0 Å². The third-order valence-corrected chi connectivity index (χ3v) is 2.22. The fraction of sp³-hybridized carbons (Fsp3) is 0.0909. The van der Waals surface area contributed by atoms with Crippen molar-refractivity contribution >= 4 is 5.69 Å². The summed E-state index contributed by atoms with van der Waals surface area (Å²) < 4.78 is 50.5. The summed E-state index contributed by atoms with van der Waals surface area (Å²) in [6.07, 6.45) is -3.96. The van der Waals surface area contributed by atoms with Gasteiger partial charge in [-0.1, -0.05) is 12.1 Å². The molecule has 0 amide bonds. The molecular weight excluding hydrogens is 250 g/mol. The van der Waals surface area contributed by atoms with Crippen LogP contribution in [0, 0.1) is 12.4 Å². The molecule has 18 heavy (non-hydrogen) atoms. The number of benzene rings is 1. The van der Waals surface area contributed by atoms with E-state index in [2.05, 4.69) is 9.83 Å². The molecule has 2 rings (SSSR count). The largest absolute Gasteiger partial charge is 0.432 e. The normalized spacial score (nSPS) is 11.3. The van der Waals surface area contributed by atoms with Gasteiger partial charge in [-0.25, -0.2) is 14.2 Å². The van der Waals surface area contributed by atoms with Crippen molar-refractivity contribution in [1.29, 1.82) is 0 Å². The second kappa shape index (κ2) is 4.14. The lowest BCUT2D eigenvalue weighted by Crippen LogP contribution is -2.04. The first-order chi connectivity index (χ1) is 8.41. The molecule has 0 bridgehead atoms. The van der Waals surface area contributed by atoms with Gasteiger partial charge in [-0.15, -0.1) is 0 Å². The van der Waals surface area contributed by atoms with Crippen molar-refractivity contribution in [3.8, 4) is 11.4 Å². The minimum Gasteiger partial charge on any atom is -0.334 e. The molecule has 0 aliphatic carbocycles. The molecule has 92 valence electrons. The number of rotatable bonds is 1. The topological polar surface area (TPSA) is 33.0 Å². The molecule has 0 saturated carbocycles. The van der Waals surface area contributed by atoms with Gasteiger partial charge in [0, 0.05) is 0 Å². The number of nitrogens with zero attached hydrogens (tertiary/aromatic N) is 2. The van der Waals surface area contributed by atoms with E-state index < -0.39 is 17.7 Å². The van der Waals surface area contributed by atoms with Crippen molar-refractivity contribution in [2.24, 2.45) is 0 Å². The van der Waals surface area contributed by atoms with Gasteiger partial charge in [-0.3, -0.25) is 0 Å². The summed E-state index contributed by atoms with van der Waals surface area (Å²) in [5, 5.41) is 0. The lowest BCUT2D eigenvalue weighted by molar-refractivity contribution is -0.140. The van der Waals surface area contributed by atoms with Gasteiger partial charge in [-0.05, 0) is 6.07 Å². The third-order valence-electron chi connectivity index (χ3n) is 2.22. The van der Waals surface area contributed by atoms with Crippen molar-refractivity contribution in [3.63, 3.8) is 0 Å². The minimum atomic E-state index is -4.56. The molecular formula is C11H5F4N3. The molecule has 0 aliphatic rings. The van der Waals surface area contributed by atoms with Gasteiger partial charge >= 0.3 is 6.18 Å². The number of aromatic nitrogens is 2. The maximum atomic E-state index is 13.5. The van der Waals surface area contributed by atoms with Crippen molar-refractivity contribution in [2.75, 3.05) is 0 Å². The summed E-state index contributed by atoms with van der Waals surface area (Å²) >= 11 is 0. The maximum absolute atomic E-state index is 13.5. The van der Waals surface area contributed by atoms with Crippen LogP contribution in [0.4, 0.5) is 23.2 Å². The number of halogens is 4. The van der Waals surface area contributed by atoms with Crippen LogP contribution in [0.25, 0.3) is 16.2 Å². The van der Waals surface area contributed by atoms with Crippen LogP contribution >= 0.6 is 0 Å². The number of alkyl halides is 3. The van der Waals surface area contributed by atoms with E-state index in [4.69, 9.17) is 6.57 Å². The molecule has 0 unspecified atom stereocenters. The Balaban J connectivity index is 2.44. The number of aromatic amines is 1. The summed E-state index contributed by atoms with van der Waals surface area (Å²) in [5.74, 6) is -1.03. The summed E-state index contributed by atoms with van der Waals surface area (Å²) in [4.78, 5) is 8.48. The van der Waals surface area contributed by atoms with Gasteiger partial charge < -0.3 is 4.98 Å². The molecule has 3 nitrogen and oxygen atoms in total. The zero-order chi connectivity index (χ0) is 13.3. The van der Waals surface area contributed by atoms with E-state index in [1.807, 2.05) is 4.98 Å². The van der Waals surface area contributed by atoms with Crippen molar-refractivity contribution in [3.05, 3.63) is 47.3 Å². The molecule has 1 heterocycles. The van der Waals surface area contributed by atoms with E-state index in [9.17, 15) is 17.6 Å². The van der Waals surface area contributed by atoms with Gasteiger partial charge in [0.2, 0.25) is 0 Å². The van der Waals surface area contributed by atoms with E-state index in [1.54, 1.807) is 0 Å². The predicted molar refractivity (Wildman–Crippen MR) is 55.2 cm³/mol. The molecule has 0 radical (unpaired) electrons. The summed E-state index contributed by atoms with van der Waals surface area (Å²) in [7, 11) is 0. The number of hydrogen-bond acceptors (Lipinski definition) is 1. The van der Waals surface area contributed by atoms with Crippen molar-refractivity contribution in [1.82, 2.24) is 9.97 Å². The van der Waals surface area contributed by atoms with Crippen LogP contribution in [0.15, 0.2) is 24.4 Å². The van der Waals surface area contributed by atoms with Crippen LogP contribution in [0.1, 0.15) is 5.69 Å². The maximum Gasteiger partial charge on any atom is 0.432 e. The average molecular weight is 255 g/mol. The number of nitrogens with one attached hydrogen (secondary N) is 1. The molecule has 2 aromatic rings. The Bertz CT molecular complexity index is 622. The van der Waals surface area contributed by atoms with Crippen LogP contribution in [0.2, 0.25) is 0 Å². The second-order valence-electron chi connectivity index (χ2n) is 3.42. The highest BCUT2D eigenvalue weighted by molar-refractivity contribution is 5.61. The van der Waals surface area contributed by atoms with E-state index in [0.717, 1.165) is 6.07 Å². The fourth-order valence-electron chi connectivity index (χ4n) is 1.37. The lowest BCUT2D eigenvalue weighted by Gasteiger charge is -2.02. The number of imidazole rings is 1. The Kier molecular flexibility index (Phi) is 2.79. The van der Waals surface area contributed by atoms with E-state index in [1.165, 1.54) is 12.1 Å². The monoisotopic (exact) mass is 255 g/mol. The van der Waals surface area contributed by atoms with Crippen molar-refractivity contribution < 1.29 is 17.6 Å². The number of hydrogen-bond donors (Lipinski definition) is 1. The second-order valence-corrected chi connectivity index (χ2v) is 3.42.